The molecule has 1 aliphatic rings. The summed E-state index contributed by atoms with van der Waals surface area (Å²) in [5, 5.41) is 0.779. The van der Waals surface area contributed by atoms with E-state index >= 15 is 4.57 Å². The summed E-state index contributed by atoms with van der Waals surface area (Å²) in [5.41, 5.74) is 8.04. The van der Waals surface area contributed by atoms with Gasteiger partial charge in [0, 0.05) is 11.4 Å². The Bertz CT molecular complexity index is 1700. The van der Waals surface area contributed by atoms with Gasteiger partial charge in [0.2, 0.25) is 0 Å². The van der Waals surface area contributed by atoms with E-state index in [1.54, 1.807) is 0 Å². The number of rotatable bonds is 5. The van der Waals surface area contributed by atoms with Gasteiger partial charge >= 0.3 is 7.44 Å². The molecule has 3 nitrogen and oxygen atoms in total. The van der Waals surface area contributed by atoms with Gasteiger partial charge in [-0.3, -0.25) is 13.9 Å². The van der Waals surface area contributed by atoms with Crippen LogP contribution in [-0.4, -0.2) is 0 Å². The molecule has 6 aromatic rings. The largest absolute Gasteiger partial charge is 0.301 e. The van der Waals surface area contributed by atoms with Crippen molar-refractivity contribution in [2.75, 3.05) is 9.34 Å². The Kier molecular flexibility index (Phi) is 6.07. The van der Waals surface area contributed by atoms with Crippen LogP contribution in [-0.2, 0) is 4.57 Å². The van der Waals surface area contributed by atoms with E-state index in [9.17, 15) is 0 Å². The monoisotopic (exact) mass is 534 g/mol. The average Bonchev–Trinajstić information content (AvgIpc) is 3.30. The van der Waals surface area contributed by atoms with Gasteiger partial charge in [-0.05, 0) is 70.8 Å². The third kappa shape index (κ3) is 3.95. The average molecular weight is 535 g/mol. The number of anilines is 4. The van der Waals surface area contributed by atoms with Crippen molar-refractivity contribution in [2.24, 2.45) is 0 Å². The summed E-state index contributed by atoms with van der Waals surface area (Å²) < 4.78 is 20.0. The van der Waals surface area contributed by atoms with E-state index in [0.29, 0.717) is 0 Å². The molecule has 192 valence electrons. The minimum Gasteiger partial charge on any atom is -0.270 e. The topological polar surface area (TPSA) is 23.6 Å². The second-order valence-corrected chi connectivity index (χ2v) is 12.2. The molecule has 0 bridgehead atoms. The molecule has 0 saturated heterocycles. The van der Waals surface area contributed by atoms with E-state index in [0.717, 1.165) is 50.3 Å². The van der Waals surface area contributed by atoms with Gasteiger partial charge in [-0.15, -0.1) is 0 Å². The Morgan fingerprint density at radius 2 is 0.725 bits per heavy atom. The van der Waals surface area contributed by atoms with Crippen molar-refractivity contribution in [1.82, 2.24) is 0 Å². The van der Waals surface area contributed by atoms with Crippen molar-refractivity contribution in [3.8, 4) is 22.3 Å². The highest BCUT2D eigenvalue weighted by Gasteiger charge is 2.49. The number of hydrogen-bond acceptors (Lipinski definition) is 1. The Hall–Kier alpha value is -4.85. The van der Waals surface area contributed by atoms with Gasteiger partial charge in [0.1, 0.15) is 0 Å². The molecule has 0 radical (unpaired) electrons. The van der Waals surface area contributed by atoms with Crippen LogP contribution in [0.15, 0.2) is 164 Å². The lowest BCUT2D eigenvalue weighted by Crippen LogP contribution is -2.26. The van der Waals surface area contributed by atoms with Gasteiger partial charge in [0.05, 0.1) is 16.7 Å². The molecule has 0 unspecified atom stereocenters. The molecule has 0 aliphatic carbocycles. The van der Waals surface area contributed by atoms with Gasteiger partial charge in [-0.2, -0.15) is 0 Å². The van der Waals surface area contributed by atoms with Gasteiger partial charge in [-0.1, -0.05) is 115 Å². The van der Waals surface area contributed by atoms with Crippen LogP contribution in [0.25, 0.3) is 22.3 Å². The van der Waals surface area contributed by atoms with Gasteiger partial charge in [0.15, 0.2) is 0 Å². The van der Waals surface area contributed by atoms with Crippen LogP contribution in [0.2, 0.25) is 0 Å². The lowest BCUT2D eigenvalue weighted by molar-refractivity contribution is 0.582. The van der Waals surface area contributed by atoms with Crippen molar-refractivity contribution < 1.29 is 4.57 Å². The predicted molar refractivity (Wildman–Crippen MR) is 168 cm³/mol. The van der Waals surface area contributed by atoms with E-state index in [2.05, 4.69) is 70.0 Å². The molecule has 0 saturated carbocycles. The Balaban J connectivity index is 1.60. The smallest absolute Gasteiger partial charge is 0.270 e. The molecule has 0 spiro atoms. The molecule has 1 aliphatic heterocycles. The van der Waals surface area contributed by atoms with Crippen molar-refractivity contribution in [2.45, 2.75) is 0 Å². The van der Waals surface area contributed by atoms with Crippen LogP contribution < -0.4 is 14.6 Å². The molecule has 7 rings (SSSR count). The third-order valence-corrected chi connectivity index (χ3v) is 10.3. The molecule has 6 aromatic carbocycles. The lowest BCUT2D eigenvalue weighted by Gasteiger charge is -2.33. The van der Waals surface area contributed by atoms with Crippen molar-refractivity contribution in [1.29, 1.82) is 0 Å². The van der Waals surface area contributed by atoms with Crippen molar-refractivity contribution in [3.05, 3.63) is 164 Å². The Labute approximate surface area is 235 Å². The second kappa shape index (κ2) is 10.0. The molecular weight excluding hydrogens is 507 g/mol. The minimum absolute atomic E-state index is 0.779. The van der Waals surface area contributed by atoms with Crippen LogP contribution in [0.1, 0.15) is 0 Å². The first-order valence-electron chi connectivity index (χ1n) is 13.4. The zero-order valence-corrected chi connectivity index (χ0v) is 22.7. The van der Waals surface area contributed by atoms with Crippen LogP contribution >= 0.6 is 7.44 Å². The molecule has 0 fully saturated rings. The van der Waals surface area contributed by atoms with E-state index in [1.807, 2.05) is 103 Å². The highest BCUT2D eigenvalue weighted by atomic mass is 31.2. The Morgan fingerprint density at radius 3 is 1.10 bits per heavy atom. The zero-order chi connectivity index (χ0) is 26.9. The third-order valence-electron chi connectivity index (χ3n) is 7.38. The fourth-order valence-electron chi connectivity index (χ4n) is 5.59. The van der Waals surface area contributed by atoms with Gasteiger partial charge < -0.3 is 0 Å². The fraction of sp³-hybridized carbons (Fsp3) is 0. The van der Waals surface area contributed by atoms with Crippen LogP contribution in [0.3, 0.4) is 0 Å². The van der Waals surface area contributed by atoms with Gasteiger partial charge in [0.25, 0.3) is 0 Å². The summed E-state index contributed by atoms with van der Waals surface area (Å²) in [4.78, 5) is 0. The van der Waals surface area contributed by atoms with Crippen molar-refractivity contribution in [3.63, 3.8) is 0 Å². The Morgan fingerprint density at radius 1 is 0.400 bits per heavy atom. The minimum atomic E-state index is -3.42. The molecule has 0 atom stereocenters. The molecule has 0 amide bonds. The highest BCUT2D eigenvalue weighted by molar-refractivity contribution is 7.76. The molecular formula is C36H27N2OP. The first kappa shape index (κ1) is 24.2. The first-order valence-corrected chi connectivity index (χ1v) is 15.0. The number of fused-ring (bicyclic) bond motifs is 1. The van der Waals surface area contributed by atoms with Crippen LogP contribution in [0, 0.1) is 0 Å². The quantitative estimate of drug-likeness (QED) is 0.206. The van der Waals surface area contributed by atoms with Gasteiger partial charge in [-0.25, -0.2) is 0 Å². The van der Waals surface area contributed by atoms with Crippen LogP contribution in [0.4, 0.5) is 22.7 Å². The summed E-state index contributed by atoms with van der Waals surface area (Å²) in [7, 11) is -3.42. The maximum absolute atomic E-state index is 15.9. The molecule has 1 heterocycles. The summed E-state index contributed by atoms with van der Waals surface area (Å²) in [6.07, 6.45) is 0. The number of nitrogens with zero attached hydrogens (tertiary/aromatic N) is 2. The summed E-state index contributed by atoms with van der Waals surface area (Å²) in [5.74, 6) is 0. The number of para-hydroxylation sites is 2. The molecule has 40 heavy (non-hydrogen) atoms. The maximum Gasteiger partial charge on any atom is 0.301 e. The SMILES string of the molecule is O=P1(c2ccccc2)N(c2ccccc2)c2cc(-c3ccccc3)c(-c3ccccc3)cc2N1c1ccccc1. The van der Waals surface area contributed by atoms with E-state index < -0.39 is 7.44 Å². The number of benzene rings is 6. The van der Waals surface area contributed by atoms with E-state index in [-0.39, 0.29) is 0 Å². The lowest BCUT2D eigenvalue weighted by atomic mass is 9.93. The summed E-state index contributed by atoms with van der Waals surface area (Å²) in [6.45, 7) is 0. The maximum atomic E-state index is 15.9. The summed E-state index contributed by atoms with van der Waals surface area (Å²) >= 11 is 0. The highest BCUT2D eigenvalue weighted by Crippen LogP contribution is 2.70. The predicted octanol–water partition coefficient (Wildman–Crippen LogP) is 9.83. The van der Waals surface area contributed by atoms with Crippen LogP contribution in [0.5, 0.6) is 0 Å². The molecule has 0 N–H and O–H groups in total. The van der Waals surface area contributed by atoms with E-state index in [4.69, 9.17) is 0 Å². The molecule has 0 aromatic heterocycles. The first-order chi connectivity index (χ1) is 19.7. The molecule has 4 heteroatoms. The normalized spacial score (nSPS) is 13.7. The van der Waals surface area contributed by atoms with E-state index in [1.165, 1.54) is 0 Å². The summed E-state index contributed by atoms with van der Waals surface area (Å²) in [6, 6.07) is 55.4. The zero-order valence-electron chi connectivity index (χ0n) is 21.8. The van der Waals surface area contributed by atoms with Crippen molar-refractivity contribution >= 4 is 35.5 Å². The fourth-order valence-corrected chi connectivity index (χ4v) is 8.59. The number of hydrogen-bond donors (Lipinski definition) is 0. The standard InChI is InChI=1S/C36H27N2OP/c39-40(32-24-14-5-15-25-32)37(30-20-10-3-11-21-30)35-26-33(28-16-6-1-7-17-28)34(29-18-8-2-9-19-29)27-36(35)38(40)31-22-12-4-13-23-31/h1-27H. The second-order valence-electron chi connectivity index (χ2n) is 9.79.